The van der Waals surface area contributed by atoms with Crippen LogP contribution in [0.15, 0.2) is 0 Å². The highest BCUT2D eigenvalue weighted by molar-refractivity contribution is 5.75. The summed E-state index contributed by atoms with van der Waals surface area (Å²) in [5, 5.41) is 188. The van der Waals surface area contributed by atoms with Gasteiger partial charge >= 0.3 is 17.9 Å². The molecule has 0 unspecified atom stereocenters. The SMILES string of the molecule is CC(=O)N[C@@H]1[C@@H](O[C@@H]2O[C@H](C(=O)O)[C@@H](O[C@@H]3O[C@H](CO)[C@@H](O)[C@H](O[C@@H]4O[C@H](C(=O)O)[C@@H](O[C@@H]5O[C@H](CO)[C@@H](O)[C@H](O[C@@H]6O[C@H](C(=O)O)[C@@H](O)[C@H](O)[C@H]6O)[C@H]5NC(C)=O)[C@H](O)[C@H]4O)[C@H]3NC(C)=O)[C@H](O)[C@H]2O)[C@H](O)[C@@H](CO)O[C@H]1O. The molecule has 0 radical (unpaired) electrons. The first kappa shape index (κ1) is 64.0. The lowest BCUT2D eigenvalue weighted by Crippen LogP contribution is -2.71. The minimum Gasteiger partial charge on any atom is -0.479 e. The molecule has 3 amide bonds. The summed E-state index contributed by atoms with van der Waals surface area (Å²) in [6.45, 7) is -0.408. The van der Waals surface area contributed by atoms with Gasteiger partial charge in [-0.05, 0) is 0 Å². The van der Waals surface area contributed by atoms with Crippen molar-refractivity contribution >= 4 is 35.6 Å². The second-order valence-corrected chi connectivity index (χ2v) is 19.1. The van der Waals surface area contributed by atoms with Crippen molar-refractivity contribution in [3.63, 3.8) is 0 Å². The van der Waals surface area contributed by atoms with E-state index in [1.165, 1.54) is 0 Å². The second-order valence-electron chi connectivity index (χ2n) is 19.1. The van der Waals surface area contributed by atoms with Crippen molar-refractivity contribution < 1.29 is 168 Å². The fraction of sp³-hybridized carbons (Fsp3) is 0.857. The molecule has 452 valence electrons. The van der Waals surface area contributed by atoms with Gasteiger partial charge < -0.3 is 155 Å². The van der Waals surface area contributed by atoms with E-state index in [0.29, 0.717) is 0 Å². The quantitative estimate of drug-likeness (QED) is 0.0571. The van der Waals surface area contributed by atoms with Crippen LogP contribution >= 0.6 is 0 Å². The standard InChI is InChI=1S/C42H65N3O34/c1-7(49)43-13-26(16(52)10(4-46)69-37(13)68)72-41-24(60)21(57)29(32(78-41)35(64)65)75-39-15(45-9(3)51)28(18(54)12(6-48)71-39)74-42-25(61)22(58)30(33(79-42)36(66)67)76-38-14(44-8(2)50)27(17(53)11(5-47)70-38)73-40-23(59)19(55)20(56)31(77-40)34(62)63/h10-33,37-42,46-48,52-61,68H,4-6H2,1-3H3,(H,43,49)(H,44,50)(H,45,51)(H,62,63)(H,64,65)(H,66,67)/t10-,11-,12-,13-,14-,15-,16-,17-,18-,19+,20+,21-,22-,23-,24-,25-,26-,27-,28-,29+,30+,31+,32+,33+,37-,38+,39+,40-,41-,42-/m1/s1. The molecular weight excluding hydrogens is 1090 g/mol. The van der Waals surface area contributed by atoms with Gasteiger partial charge in [-0.1, -0.05) is 0 Å². The molecule has 30 atom stereocenters. The third-order valence-corrected chi connectivity index (χ3v) is 13.5. The Morgan fingerprint density at radius 2 is 0.633 bits per heavy atom. The molecule has 6 heterocycles. The summed E-state index contributed by atoms with van der Waals surface area (Å²) in [7, 11) is 0. The van der Waals surface area contributed by atoms with Gasteiger partial charge in [0.15, 0.2) is 56.1 Å². The van der Waals surface area contributed by atoms with Gasteiger partial charge in [0.05, 0.1) is 19.8 Å². The molecule has 6 aliphatic heterocycles. The summed E-state index contributed by atoms with van der Waals surface area (Å²) < 4.78 is 61.2. The van der Waals surface area contributed by atoms with E-state index in [1.807, 2.05) is 0 Å². The Labute approximate surface area is 443 Å². The molecule has 0 aromatic heterocycles. The number of nitrogens with one attached hydrogen (secondary N) is 3. The Hall–Kier alpha value is -4.18. The Morgan fingerprint density at radius 1 is 0.342 bits per heavy atom. The van der Waals surface area contributed by atoms with Crippen LogP contribution in [0.3, 0.4) is 0 Å². The highest BCUT2D eigenvalue weighted by Gasteiger charge is 2.60. The Bertz CT molecular complexity index is 2120. The second kappa shape index (κ2) is 26.8. The number of rotatable bonds is 19. The number of carboxylic acid groups (broad SMARTS) is 3. The molecule has 6 aliphatic rings. The lowest BCUT2D eigenvalue weighted by molar-refractivity contribution is -0.377. The maximum Gasteiger partial charge on any atom is 0.335 e. The van der Waals surface area contributed by atoms with E-state index in [2.05, 4.69) is 16.0 Å². The average molecular weight is 1160 g/mol. The lowest BCUT2D eigenvalue weighted by atomic mass is 9.93. The summed E-state index contributed by atoms with van der Waals surface area (Å²) in [6, 6.07) is -5.60. The van der Waals surface area contributed by atoms with Gasteiger partial charge in [-0.2, -0.15) is 0 Å². The Kier molecular flexibility index (Phi) is 21.7. The van der Waals surface area contributed by atoms with E-state index in [1.54, 1.807) is 0 Å². The maximum absolute atomic E-state index is 12.9. The smallest absolute Gasteiger partial charge is 0.335 e. The molecule has 79 heavy (non-hydrogen) atoms. The van der Waals surface area contributed by atoms with Gasteiger partial charge in [-0.25, -0.2) is 14.4 Å². The first-order chi connectivity index (χ1) is 37.1. The van der Waals surface area contributed by atoms with Gasteiger partial charge in [-0.15, -0.1) is 0 Å². The number of aliphatic hydroxyl groups is 14. The summed E-state index contributed by atoms with van der Waals surface area (Å²) >= 11 is 0. The van der Waals surface area contributed by atoms with Crippen LogP contribution in [0.2, 0.25) is 0 Å². The zero-order valence-electron chi connectivity index (χ0n) is 41.5. The minimum atomic E-state index is -2.52. The van der Waals surface area contributed by atoms with Gasteiger partial charge in [0.1, 0.15) is 128 Å². The van der Waals surface area contributed by atoms with Gasteiger partial charge in [0, 0.05) is 20.8 Å². The predicted molar refractivity (Wildman–Crippen MR) is 236 cm³/mol. The number of hydrogen-bond acceptors (Lipinski definition) is 31. The number of amides is 3. The van der Waals surface area contributed by atoms with Gasteiger partial charge in [-0.3, -0.25) is 14.4 Å². The Balaban J connectivity index is 1.25. The first-order valence-corrected chi connectivity index (χ1v) is 24.1. The average Bonchev–Trinajstić information content (AvgIpc) is 3.54. The number of carbonyl (C=O) groups is 6. The molecule has 37 nitrogen and oxygen atoms in total. The fourth-order valence-corrected chi connectivity index (χ4v) is 9.64. The predicted octanol–water partition coefficient (Wildman–Crippen LogP) is -13.4. The van der Waals surface area contributed by atoms with Crippen LogP contribution < -0.4 is 16.0 Å². The molecule has 6 rings (SSSR count). The van der Waals surface area contributed by atoms with Crippen molar-refractivity contribution in [2.24, 2.45) is 0 Å². The minimum absolute atomic E-state index is 0.806. The summed E-state index contributed by atoms with van der Waals surface area (Å²) in [4.78, 5) is 74.7. The Morgan fingerprint density at radius 3 is 0.962 bits per heavy atom. The van der Waals surface area contributed by atoms with Crippen molar-refractivity contribution in [1.82, 2.24) is 16.0 Å². The molecule has 6 fully saturated rings. The number of aliphatic carboxylic acids is 3. The number of ether oxygens (including phenoxy) is 11. The van der Waals surface area contributed by atoms with Gasteiger partial charge in [0.2, 0.25) is 17.7 Å². The number of carbonyl (C=O) groups excluding carboxylic acids is 3. The number of aliphatic hydroxyl groups excluding tert-OH is 14. The molecule has 0 saturated carbocycles. The van der Waals surface area contributed by atoms with E-state index in [0.717, 1.165) is 20.8 Å². The summed E-state index contributed by atoms with van der Waals surface area (Å²) in [6.07, 6.45) is -59.2. The zero-order valence-corrected chi connectivity index (χ0v) is 41.5. The van der Waals surface area contributed by atoms with Crippen molar-refractivity contribution in [3.8, 4) is 0 Å². The van der Waals surface area contributed by atoms with E-state index in [4.69, 9.17) is 52.1 Å². The summed E-state index contributed by atoms with van der Waals surface area (Å²) in [5.74, 6) is -8.58. The van der Waals surface area contributed by atoms with Crippen LogP contribution in [0.4, 0.5) is 0 Å². The number of hydrogen-bond donors (Lipinski definition) is 20. The third-order valence-electron chi connectivity index (χ3n) is 13.5. The van der Waals surface area contributed by atoms with Crippen LogP contribution in [0.1, 0.15) is 20.8 Å². The highest BCUT2D eigenvalue weighted by atomic mass is 16.8. The molecule has 0 spiro atoms. The largest absolute Gasteiger partial charge is 0.479 e. The fourth-order valence-electron chi connectivity index (χ4n) is 9.64. The van der Waals surface area contributed by atoms with Crippen molar-refractivity contribution in [3.05, 3.63) is 0 Å². The van der Waals surface area contributed by atoms with Crippen LogP contribution in [-0.4, -0.2) is 326 Å². The molecule has 37 heteroatoms. The van der Waals surface area contributed by atoms with Crippen molar-refractivity contribution in [2.75, 3.05) is 19.8 Å². The van der Waals surface area contributed by atoms with Crippen LogP contribution in [0, 0.1) is 0 Å². The molecule has 0 aromatic rings. The maximum atomic E-state index is 12.9. The number of carboxylic acids is 3. The molecular formula is C42H65N3O34. The van der Waals surface area contributed by atoms with Crippen LogP contribution in [0.5, 0.6) is 0 Å². The summed E-state index contributed by atoms with van der Waals surface area (Å²) in [5.41, 5.74) is 0. The zero-order chi connectivity index (χ0) is 58.8. The van der Waals surface area contributed by atoms with Crippen LogP contribution in [0.25, 0.3) is 0 Å². The van der Waals surface area contributed by atoms with Gasteiger partial charge in [0.25, 0.3) is 0 Å². The highest BCUT2D eigenvalue weighted by Crippen LogP contribution is 2.37. The van der Waals surface area contributed by atoms with E-state index in [9.17, 15) is 116 Å². The van der Waals surface area contributed by atoms with E-state index >= 15 is 0 Å². The van der Waals surface area contributed by atoms with Crippen molar-refractivity contribution in [2.45, 2.75) is 205 Å². The van der Waals surface area contributed by atoms with E-state index < -0.39 is 239 Å². The first-order valence-electron chi connectivity index (χ1n) is 24.1. The normalized spacial score (nSPS) is 46.6. The monoisotopic (exact) mass is 1160 g/mol. The lowest BCUT2D eigenvalue weighted by Gasteiger charge is -2.50. The molecule has 6 saturated heterocycles. The molecule has 0 aromatic carbocycles. The third kappa shape index (κ3) is 13.8. The van der Waals surface area contributed by atoms with Crippen LogP contribution in [-0.2, 0) is 80.9 Å². The molecule has 20 N–H and O–H groups in total. The topological polar surface area (TPSA) is 584 Å². The molecule has 0 bridgehead atoms. The molecule has 0 aliphatic carbocycles. The van der Waals surface area contributed by atoms with E-state index in [-0.39, 0.29) is 0 Å². The van der Waals surface area contributed by atoms with Crippen molar-refractivity contribution in [1.29, 1.82) is 0 Å².